The minimum atomic E-state index is -5.19. The van der Waals surface area contributed by atoms with Crippen molar-refractivity contribution >= 4 is 19.8 Å². The van der Waals surface area contributed by atoms with E-state index in [1.807, 2.05) is 4.98 Å². The highest BCUT2D eigenvalue weighted by Crippen LogP contribution is 2.42. The normalized spacial score (nSPS) is 32.0. The first-order chi connectivity index (χ1) is 19.5. The number of phosphoric acid groups is 1. The smallest absolute Gasteiger partial charge is 0.470 e. The summed E-state index contributed by atoms with van der Waals surface area (Å²) in [5.41, 5.74) is 9.17. The maximum atomic E-state index is 12.3. The van der Waals surface area contributed by atoms with Gasteiger partial charge in [0, 0.05) is 18.8 Å². The Morgan fingerprint density at radius 3 is 2.33 bits per heavy atom. The number of carboxylic acid groups (broad SMARTS) is 2. The van der Waals surface area contributed by atoms with E-state index in [1.165, 1.54) is 0 Å². The van der Waals surface area contributed by atoms with E-state index in [1.54, 1.807) is 0 Å². The van der Waals surface area contributed by atoms with Gasteiger partial charge in [0.1, 0.15) is 54.8 Å². The third kappa shape index (κ3) is 7.85. The molecular weight excluding hydrogens is 597 g/mol. The van der Waals surface area contributed by atoms with Crippen LogP contribution in [-0.2, 0) is 32.9 Å². The summed E-state index contributed by atoms with van der Waals surface area (Å²) in [5, 5.41) is 53.7. The van der Waals surface area contributed by atoms with Crippen LogP contribution < -0.4 is 28.0 Å². The molecule has 0 bridgehead atoms. The molecule has 21 nitrogen and oxygen atoms in total. The number of aliphatic hydroxyl groups excluding tert-OH is 3. The Morgan fingerprint density at radius 1 is 1.12 bits per heavy atom. The molecule has 2 aliphatic heterocycles. The van der Waals surface area contributed by atoms with Crippen molar-refractivity contribution in [2.75, 3.05) is 13.1 Å². The number of aromatic nitrogens is 2. The van der Waals surface area contributed by atoms with E-state index < -0.39 is 105 Å². The minimum absolute atomic E-state index is 0.284. The molecule has 3 heterocycles. The average Bonchev–Trinajstić information content (AvgIpc) is 3.34. The van der Waals surface area contributed by atoms with Crippen molar-refractivity contribution in [1.29, 1.82) is 0 Å². The van der Waals surface area contributed by atoms with Gasteiger partial charge in [0.15, 0.2) is 12.5 Å². The second-order valence-corrected chi connectivity index (χ2v) is 10.6. The molecule has 1 aromatic rings. The number of hydrogen-bond acceptors (Lipinski definition) is 15. The van der Waals surface area contributed by atoms with E-state index in [9.17, 15) is 54.0 Å². The van der Waals surface area contributed by atoms with Gasteiger partial charge in [-0.05, 0) is 13.0 Å². The van der Waals surface area contributed by atoms with Crippen molar-refractivity contribution in [2.24, 2.45) is 11.5 Å². The van der Waals surface area contributed by atoms with Gasteiger partial charge in [0.25, 0.3) is 5.56 Å². The number of nitrogens with two attached hydrogens (primary N) is 2. The first-order valence-electron chi connectivity index (χ1n) is 12.3. The van der Waals surface area contributed by atoms with Crippen molar-refractivity contribution in [1.82, 2.24) is 14.9 Å². The van der Waals surface area contributed by atoms with Gasteiger partial charge in [-0.15, -0.1) is 0 Å². The number of ether oxygens (including phenoxy) is 3. The third-order valence-electron chi connectivity index (χ3n) is 6.53. The van der Waals surface area contributed by atoms with E-state index in [2.05, 4.69) is 9.84 Å². The fourth-order valence-electron chi connectivity index (χ4n) is 4.47. The SMILES string of the molecule is NC[C@H]1O[C@@H](O[C@H]([C@H]2O[C@@H](n3ccc(=O)[nH]c3=O)[C@H](O)[C@@H]2O)[C@H](NCC[C@H](N)C(=O)O)C(=O)O)[C@H](O)[C@@H]1OP(=O)(O)O. The Bertz CT molecular complexity index is 1270. The lowest BCUT2D eigenvalue weighted by Crippen LogP contribution is -2.57. The van der Waals surface area contributed by atoms with Gasteiger partial charge in [-0.25, -0.2) is 9.36 Å². The number of phosphoric ester groups is 1. The van der Waals surface area contributed by atoms with Gasteiger partial charge in [0.2, 0.25) is 0 Å². The van der Waals surface area contributed by atoms with Crippen molar-refractivity contribution in [2.45, 2.75) is 73.8 Å². The van der Waals surface area contributed by atoms with E-state index in [0.29, 0.717) is 4.57 Å². The number of nitrogens with zero attached hydrogens (tertiary/aromatic N) is 1. The second kappa shape index (κ2) is 13.8. The Hall–Kier alpha value is -2.63. The molecule has 22 heteroatoms. The van der Waals surface area contributed by atoms with Gasteiger partial charge in [-0.3, -0.25) is 28.5 Å². The maximum absolute atomic E-state index is 12.3. The molecule has 0 spiro atoms. The van der Waals surface area contributed by atoms with Crippen molar-refractivity contribution in [3.05, 3.63) is 33.1 Å². The van der Waals surface area contributed by atoms with Crippen LogP contribution >= 0.6 is 7.82 Å². The molecule has 0 radical (unpaired) electrons. The summed E-state index contributed by atoms with van der Waals surface area (Å²) >= 11 is 0. The lowest BCUT2D eigenvalue weighted by atomic mass is 9.98. The van der Waals surface area contributed by atoms with Crippen molar-refractivity contribution < 1.29 is 68.2 Å². The van der Waals surface area contributed by atoms with Crippen LogP contribution in [-0.4, -0.2) is 131 Å². The number of aromatic amines is 1. The number of hydrogen-bond donors (Lipinski definition) is 11. The number of carbonyl (C=O) groups is 2. The monoisotopic (exact) mass is 629 g/mol. The Morgan fingerprint density at radius 2 is 1.79 bits per heavy atom. The molecule has 0 saturated carbocycles. The molecule has 2 saturated heterocycles. The highest BCUT2D eigenvalue weighted by atomic mass is 31.2. The zero-order valence-corrected chi connectivity index (χ0v) is 22.4. The molecule has 2 aliphatic rings. The molecule has 238 valence electrons. The fraction of sp³-hybridized carbons (Fsp3) is 0.700. The van der Waals surface area contributed by atoms with Crippen LogP contribution in [0.1, 0.15) is 12.6 Å². The molecule has 3 rings (SSSR count). The van der Waals surface area contributed by atoms with Gasteiger partial charge in [0.05, 0.1) is 0 Å². The molecule has 0 aromatic carbocycles. The summed E-state index contributed by atoms with van der Waals surface area (Å²) in [6, 6.07) is -2.39. The van der Waals surface area contributed by atoms with Gasteiger partial charge >= 0.3 is 25.5 Å². The first kappa shape index (κ1) is 33.9. The molecule has 42 heavy (non-hydrogen) atoms. The summed E-state index contributed by atoms with van der Waals surface area (Å²) in [6.07, 6.45) is -15.7. The van der Waals surface area contributed by atoms with Gasteiger partial charge in [-0.1, -0.05) is 0 Å². The van der Waals surface area contributed by atoms with E-state index in [4.69, 9.17) is 30.8 Å². The number of aliphatic hydroxyl groups is 3. The van der Waals surface area contributed by atoms with Crippen LogP contribution in [0.25, 0.3) is 0 Å². The highest BCUT2D eigenvalue weighted by Gasteiger charge is 2.55. The number of H-pyrrole nitrogens is 1. The van der Waals surface area contributed by atoms with Crippen LogP contribution in [0.2, 0.25) is 0 Å². The average molecular weight is 629 g/mol. The predicted molar refractivity (Wildman–Crippen MR) is 132 cm³/mol. The summed E-state index contributed by atoms with van der Waals surface area (Å²) in [4.78, 5) is 67.5. The summed E-state index contributed by atoms with van der Waals surface area (Å²) in [7, 11) is -5.19. The van der Waals surface area contributed by atoms with Crippen LogP contribution in [0.15, 0.2) is 21.9 Å². The molecule has 1 aromatic heterocycles. The Balaban J connectivity index is 1.96. The molecule has 0 unspecified atom stereocenters. The molecule has 0 aliphatic carbocycles. The standard InChI is InChI=1S/C20H32N5O16P/c21-5-7-13(41-42(35,36)37)12(29)19(38-7)40-14(9(18(32)33)23-3-1-6(22)17(30)31)15-10(27)11(28)16(39-15)25-4-2-8(26)24-20(25)34/h2,4,6-7,9-16,19,23,27-29H,1,3,5,21-22H2,(H,30,31)(H,32,33)(H,24,26,34)(H2,35,36,37)/t6-,7+,9-,10-,11+,12+,13+,14-,15-,16+,19-/m0/s1. The summed E-state index contributed by atoms with van der Waals surface area (Å²) in [6.45, 7) is -0.791. The maximum Gasteiger partial charge on any atom is 0.470 e. The molecule has 2 fully saturated rings. The quantitative estimate of drug-likeness (QED) is 0.0852. The zero-order valence-electron chi connectivity index (χ0n) is 21.5. The zero-order chi connectivity index (χ0) is 31.5. The Kier molecular flexibility index (Phi) is 11.1. The second-order valence-electron chi connectivity index (χ2n) is 9.42. The van der Waals surface area contributed by atoms with Gasteiger partial charge in [-0.2, -0.15) is 0 Å². The van der Waals surface area contributed by atoms with E-state index >= 15 is 0 Å². The van der Waals surface area contributed by atoms with Crippen LogP contribution in [0.3, 0.4) is 0 Å². The van der Waals surface area contributed by atoms with Crippen LogP contribution in [0.5, 0.6) is 0 Å². The van der Waals surface area contributed by atoms with Crippen molar-refractivity contribution in [3.8, 4) is 0 Å². The van der Waals surface area contributed by atoms with Crippen LogP contribution in [0, 0.1) is 0 Å². The lowest BCUT2D eigenvalue weighted by Gasteiger charge is -2.33. The number of rotatable bonds is 14. The number of nitrogens with one attached hydrogen (secondary N) is 2. The molecular formula is C20H32N5O16P. The predicted octanol–water partition coefficient (Wildman–Crippen LogP) is -6.09. The molecule has 0 amide bonds. The van der Waals surface area contributed by atoms with Crippen LogP contribution in [0.4, 0.5) is 0 Å². The minimum Gasteiger partial charge on any atom is -0.480 e. The highest BCUT2D eigenvalue weighted by molar-refractivity contribution is 7.46. The number of carboxylic acids is 2. The topological polar surface area (TPSA) is 349 Å². The Labute approximate surface area is 234 Å². The first-order valence-corrected chi connectivity index (χ1v) is 13.8. The lowest BCUT2D eigenvalue weighted by molar-refractivity contribution is -0.228. The van der Waals surface area contributed by atoms with E-state index in [0.717, 1.165) is 12.3 Å². The molecule has 13 N–H and O–H groups in total. The molecule has 11 atom stereocenters. The number of aliphatic carboxylic acids is 2. The van der Waals surface area contributed by atoms with Crippen molar-refractivity contribution in [3.63, 3.8) is 0 Å². The van der Waals surface area contributed by atoms with E-state index in [-0.39, 0.29) is 13.0 Å². The van der Waals surface area contributed by atoms with Gasteiger partial charge < -0.3 is 66.3 Å². The largest absolute Gasteiger partial charge is 0.480 e. The summed E-state index contributed by atoms with van der Waals surface area (Å²) < 4.78 is 33.4. The fourth-order valence-corrected chi connectivity index (χ4v) is 5.05. The third-order valence-corrected chi connectivity index (χ3v) is 7.05. The summed E-state index contributed by atoms with van der Waals surface area (Å²) in [5.74, 6) is -3.04.